The molecule has 18 heavy (non-hydrogen) atoms. The molecule has 4 nitrogen and oxygen atoms in total. The fourth-order valence-electron chi connectivity index (χ4n) is 1.59. The van der Waals surface area contributed by atoms with Crippen molar-refractivity contribution >= 4 is 18.3 Å². The normalized spacial score (nSPS) is 21.2. The van der Waals surface area contributed by atoms with Gasteiger partial charge in [-0.2, -0.15) is 5.10 Å². The van der Waals surface area contributed by atoms with Crippen molar-refractivity contribution in [2.24, 2.45) is 5.10 Å². The lowest BCUT2D eigenvalue weighted by atomic mass is 10.2. The number of aromatic nitrogens is 1. The highest BCUT2D eigenvalue weighted by atomic mass is 32.1. The van der Waals surface area contributed by atoms with Crippen LogP contribution in [0.25, 0.3) is 0 Å². The second-order valence-corrected chi connectivity index (χ2v) is 4.67. The van der Waals surface area contributed by atoms with Gasteiger partial charge >= 0.3 is 0 Å². The first-order chi connectivity index (χ1) is 8.48. The summed E-state index contributed by atoms with van der Waals surface area (Å²) in [6.45, 7) is 1.22. The van der Waals surface area contributed by atoms with E-state index in [1.165, 1.54) is 4.90 Å². The van der Waals surface area contributed by atoms with Crippen molar-refractivity contribution in [2.75, 3.05) is 13.1 Å². The lowest BCUT2D eigenvalue weighted by Gasteiger charge is -2.41. The fourth-order valence-corrected chi connectivity index (χ4v) is 1.81. The molecule has 98 valence electrons. The second kappa shape index (κ2) is 5.19. The molecule has 0 aromatic carbocycles. The van der Waals surface area contributed by atoms with Crippen molar-refractivity contribution in [3.8, 4) is 0 Å². The van der Waals surface area contributed by atoms with Crippen molar-refractivity contribution < 1.29 is 8.78 Å². The Morgan fingerprint density at radius 2 is 2.28 bits per heavy atom. The predicted molar refractivity (Wildman–Crippen MR) is 68.9 cm³/mol. The van der Waals surface area contributed by atoms with Gasteiger partial charge in [0.1, 0.15) is 5.50 Å². The first-order valence-electron chi connectivity index (χ1n) is 5.49. The molecule has 1 aliphatic rings. The van der Waals surface area contributed by atoms with Crippen molar-refractivity contribution in [1.29, 1.82) is 0 Å². The van der Waals surface area contributed by atoms with E-state index in [9.17, 15) is 8.78 Å². The number of nitrogens with one attached hydrogen (secondary N) is 1. The number of thiol groups is 1. The Hall–Kier alpha value is -1.21. The molecule has 0 saturated carbocycles. The van der Waals surface area contributed by atoms with E-state index in [0.29, 0.717) is 5.71 Å². The maximum Gasteiger partial charge on any atom is 0.273 e. The van der Waals surface area contributed by atoms with E-state index in [2.05, 4.69) is 28.1 Å². The van der Waals surface area contributed by atoms with Gasteiger partial charge in [-0.3, -0.25) is 15.3 Å². The summed E-state index contributed by atoms with van der Waals surface area (Å²) in [5.41, 5.74) is 3.63. The van der Waals surface area contributed by atoms with E-state index < -0.39 is 11.4 Å². The Morgan fingerprint density at radius 3 is 2.83 bits per heavy atom. The zero-order valence-corrected chi connectivity index (χ0v) is 10.7. The molecule has 1 saturated heterocycles. The van der Waals surface area contributed by atoms with Gasteiger partial charge in [0.15, 0.2) is 0 Å². The van der Waals surface area contributed by atoms with E-state index >= 15 is 0 Å². The van der Waals surface area contributed by atoms with Gasteiger partial charge in [0.25, 0.3) is 5.92 Å². The lowest BCUT2D eigenvalue weighted by molar-refractivity contribution is -0.137. The molecular weight excluding hydrogens is 258 g/mol. The van der Waals surface area contributed by atoms with E-state index in [0.717, 1.165) is 5.69 Å². The van der Waals surface area contributed by atoms with Gasteiger partial charge in [0.05, 0.1) is 24.5 Å². The van der Waals surface area contributed by atoms with Crippen molar-refractivity contribution in [3.05, 3.63) is 30.1 Å². The Kier molecular flexibility index (Phi) is 3.82. The van der Waals surface area contributed by atoms with Crippen LogP contribution in [0.1, 0.15) is 12.6 Å². The van der Waals surface area contributed by atoms with Gasteiger partial charge in [-0.1, -0.05) is 6.07 Å². The fraction of sp³-hybridized carbons (Fsp3) is 0.455. The monoisotopic (exact) mass is 272 g/mol. The largest absolute Gasteiger partial charge is 0.283 e. The number of nitrogens with zero attached hydrogens (tertiary/aromatic N) is 3. The van der Waals surface area contributed by atoms with Crippen LogP contribution in [0.3, 0.4) is 0 Å². The lowest BCUT2D eigenvalue weighted by Crippen LogP contribution is -2.61. The molecule has 1 aromatic heterocycles. The molecule has 2 heterocycles. The van der Waals surface area contributed by atoms with E-state index in [-0.39, 0.29) is 13.1 Å². The predicted octanol–water partition coefficient (Wildman–Crippen LogP) is 1.56. The summed E-state index contributed by atoms with van der Waals surface area (Å²) >= 11 is 4.18. The van der Waals surface area contributed by atoms with E-state index in [1.54, 1.807) is 13.1 Å². The van der Waals surface area contributed by atoms with E-state index in [4.69, 9.17) is 0 Å². The van der Waals surface area contributed by atoms with Crippen LogP contribution in [-0.2, 0) is 0 Å². The molecular formula is C11H14F2N4S. The zero-order valence-electron chi connectivity index (χ0n) is 9.85. The molecule has 1 fully saturated rings. The molecule has 1 aliphatic heterocycles. The highest BCUT2D eigenvalue weighted by Gasteiger charge is 2.46. The summed E-state index contributed by atoms with van der Waals surface area (Å²) in [4.78, 5) is 5.63. The summed E-state index contributed by atoms with van der Waals surface area (Å²) in [6, 6.07) is 5.50. The summed E-state index contributed by atoms with van der Waals surface area (Å²) in [5, 5.41) is 4.09. The molecule has 1 unspecified atom stereocenters. The minimum atomic E-state index is -2.59. The Bertz CT molecular complexity index is 430. The van der Waals surface area contributed by atoms with Crippen LogP contribution in [-0.4, -0.2) is 40.1 Å². The molecule has 1 aromatic rings. The molecule has 2 rings (SSSR count). The maximum atomic E-state index is 12.7. The number of hydrazone groups is 1. The number of alkyl halides is 2. The van der Waals surface area contributed by atoms with Gasteiger partial charge in [-0.15, -0.1) is 12.6 Å². The molecule has 1 atom stereocenters. The quantitative estimate of drug-likeness (QED) is 0.378. The Morgan fingerprint density at radius 1 is 1.56 bits per heavy atom. The molecule has 0 spiro atoms. The van der Waals surface area contributed by atoms with Crippen LogP contribution >= 0.6 is 12.6 Å². The summed E-state index contributed by atoms with van der Waals surface area (Å²) in [7, 11) is 0. The number of likely N-dealkylation sites (tertiary alicyclic amines) is 1. The molecule has 0 bridgehead atoms. The highest BCUT2D eigenvalue weighted by molar-refractivity contribution is 7.80. The first-order valence-corrected chi connectivity index (χ1v) is 6.01. The summed E-state index contributed by atoms with van der Waals surface area (Å²) in [6.07, 6.45) is 1.67. The SMILES string of the molecule is C/C(=N\NC(S)N1CC(F)(F)C1)c1ccccn1. The minimum absolute atomic E-state index is 0.285. The van der Waals surface area contributed by atoms with Crippen molar-refractivity contribution in [1.82, 2.24) is 15.3 Å². The number of hydrogen-bond acceptors (Lipinski definition) is 5. The van der Waals surface area contributed by atoms with Crippen molar-refractivity contribution in [3.63, 3.8) is 0 Å². The molecule has 0 aliphatic carbocycles. The van der Waals surface area contributed by atoms with Crippen molar-refractivity contribution in [2.45, 2.75) is 18.3 Å². The number of hydrogen-bond donors (Lipinski definition) is 2. The first kappa shape index (κ1) is 13.2. The van der Waals surface area contributed by atoms with Crippen LogP contribution in [0, 0.1) is 0 Å². The average molecular weight is 272 g/mol. The zero-order chi connectivity index (χ0) is 13.2. The van der Waals surface area contributed by atoms with Crippen LogP contribution in [0.5, 0.6) is 0 Å². The van der Waals surface area contributed by atoms with Gasteiger partial charge < -0.3 is 0 Å². The topological polar surface area (TPSA) is 40.5 Å². The molecule has 1 N–H and O–H groups in total. The summed E-state index contributed by atoms with van der Waals surface area (Å²) in [5.74, 6) is -2.59. The molecule has 0 radical (unpaired) electrons. The van der Waals surface area contributed by atoms with Gasteiger partial charge in [-0.25, -0.2) is 8.78 Å². The Labute approximate surface area is 109 Å². The third-order valence-corrected chi connectivity index (χ3v) is 3.04. The minimum Gasteiger partial charge on any atom is -0.283 e. The molecule has 7 heteroatoms. The highest BCUT2D eigenvalue weighted by Crippen LogP contribution is 2.28. The Balaban J connectivity index is 1.87. The van der Waals surface area contributed by atoms with Gasteiger partial charge in [0, 0.05) is 6.20 Å². The van der Waals surface area contributed by atoms with Crippen LogP contribution in [0.15, 0.2) is 29.5 Å². The third kappa shape index (κ3) is 3.17. The maximum absolute atomic E-state index is 12.7. The third-order valence-electron chi connectivity index (χ3n) is 2.60. The second-order valence-electron chi connectivity index (χ2n) is 4.18. The number of rotatable bonds is 4. The van der Waals surface area contributed by atoms with Gasteiger partial charge in [-0.05, 0) is 19.1 Å². The smallest absolute Gasteiger partial charge is 0.273 e. The van der Waals surface area contributed by atoms with Crippen LogP contribution in [0.4, 0.5) is 8.78 Å². The van der Waals surface area contributed by atoms with Gasteiger partial charge in [0.2, 0.25) is 0 Å². The summed E-state index contributed by atoms with van der Waals surface area (Å²) < 4.78 is 25.3. The molecule has 0 amide bonds. The number of pyridine rings is 1. The number of halogens is 2. The van der Waals surface area contributed by atoms with E-state index in [1.807, 2.05) is 18.2 Å². The van der Waals surface area contributed by atoms with Crippen LogP contribution in [0.2, 0.25) is 0 Å². The average Bonchev–Trinajstić information content (AvgIpc) is 2.33. The van der Waals surface area contributed by atoms with Crippen LogP contribution < -0.4 is 5.43 Å². The standard InChI is InChI=1S/C11H14F2N4S/c1-8(9-4-2-3-5-14-9)15-16-10(18)17-6-11(12,13)7-17/h2-5,10,16,18H,6-7H2,1H3/b15-8+.